The zero-order valence-corrected chi connectivity index (χ0v) is 12.7. The number of aromatic nitrogens is 1. The van der Waals surface area contributed by atoms with Crippen molar-refractivity contribution >= 4 is 11.5 Å². The number of rotatable bonds is 5. The van der Waals surface area contributed by atoms with Gasteiger partial charge in [0.2, 0.25) is 0 Å². The summed E-state index contributed by atoms with van der Waals surface area (Å²) in [7, 11) is 2.81. The number of carbonyl (C=O) groups excluding carboxylic acids is 1. The summed E-state index contributed by atoms with van der Waals surface area (Å²) in [5.41, 5.74) is 1.94. The summed E-state index contributed by atoms with van der Waals surface area (Å²) in [6.07, 6.45) is 4.66. The lowest BCUT2D eigenvalue weighted by Gasteiger charge is -2.12. The maximum Gasteiger partial charge on any atom is 0.341 e. The Hall–Kier alpha value is -2.82. The number of carbonyl (C=O) groups is 1. The number of nitrogens with zero attached hydrogens (tertiary/aromatic N) is 1. The van der Waals surface area contributed by atoms with Crippen LogP contribution in [0.1, 0.15) is 11.1 Å². The van der Waals surface area contributed by atoms with E-state index < -0.39 is 5.97 Å². The molecule has 0 saturated heterocycles. The number of esters is 1. The fourth-order valence-corrected chi connectivity index (χ4v) is 1.95. The third kappa shape index (κ3) is 3.63. The third-order valence-electron chi connectivity index (χ3n) is 3.03. The van der Waals surface area contributed by atoms with Gasteiger partial charge in [-0.15, -0.1) is 0 Å². The predicted octanol–water partition coefficient (Wildman–Crippen LogP) is 3.34. The molecular weight excluding hydrogens is 282 g/mol. The highest BCUT2D eigenvalue weighted by atomic mass is 16.5. The van der Waals surface area contributed by atoms with Crippen LogP contribution in [0.3, 0.4) is 0 Å². The fourth-order valence-electron chi connectivity index (χ4n) is 1.95. The lowest BCUT2D eigenvalue weighted by Crippen LogP contribution is -2.06. The first-order valence-corrected chi connectivity index (χ1v) is 6.66. The van der Waals surface area contributed by atoms with Gasteiger partial charge in [-0.05, 0) is 42.3 Å². The minimum atomic E-state index is -0.467. The maximum atomic E-state index is 11.9. The van der Waals surface area contributed by atoms with E-state index in [2.05, 4.69) is 4.98 Å². The summed E-state index contributed by atoms with van der Waals surface area (Å²) in [6.45, 7) is 1.90. The molecule has 0 N–H and O–H groups in total. The summed E-state index contributed by atoms with van der Waals surface area (Å²) in [5, 5.41) is 0. The Balaban J connectivity index is 2.37. The second kappa shape index (κ2) is 7.26. The number of methoxy groups -OCH3 is 2. The fraction of sp³-hybridized carbons (Fsp3) is 0.176. The molecule has 114 valence electrons. The minimum Gasteiger partial charge on any atom is -0.503 e. The van der Waals surface area contributed by atoms with Crippen molar-refractivity contribution in [2.24, 2.45) is 0 Å². The van der Waals surface area contributed by atoms with Gasteiger partial charge >= 0.3 is 5.97 Å². The summed E-state index contributed by atoms with van der Waals surface area (Å²) in [6, 6.07) is 8.99. The number of aryl methyl sites for hydroxylation is 1. The van der Waals surface area contributed by atoms with Crippen LogP contribution < -0.4 is 4.74 Å². The Morgan fingerprint density at radius 3 is 2.45 bits per heavy atom. The summed E-state index contributed by atoms with van der Waals surface area (Å²) >= 11 is 0. The van der Waals surface area contributed by atoms with Gasteiger partial charge in [-0.3, -0.25) is 4.98 Å². The van der Waals surface area contributed by atoms with E-state index in [9.17, 15) is 4.79 Å². The van der Waals surface area contributed by atoms with Crippen molar-refractivity contribution in [1.82, 2.24) is 4.98 Å². The molecule has 0 unspecified atom stereocenters. The molecular formula is C17H17NO4. The molecule has 5 heteroatoms. The van der Waals surface area contributed by atoms with Gasteiger partial charge in [0.15, 0.2) is 0 Å². The van der Waals surface area contributed by atoms with Crippen LogP contribution in [0, 0.1) is 6.92 Å². The number of hydrogen-bond acceptors (Lipinski definition) is 5. The molecule has 1 aromatic heterocycles. The van der Waals surface area contributed by atoms with Gasteiger partial charge in [0.25, 0.3) is 0 Å². The molecule has 0 aliphatic rings. The third-order valence-corrected chi connectivity index (χ3v) is 3.03. The summed E-state index contributed by atoms with van der Waals surface area (Å²) < 4.78 is 15.5. The Labute approximate surface area is 129 Å². The zero-order valence-electron chi connectivity index (χ0n) is 12.7. The smallest absolute Gasteiger partial charge is 0.341 e. The van der Waals surface area contributed by atoms with Crippen LogP contribution >= 0.6 is 0 Å². The molecule has 0 spiro atoms. The van der Waals surface area contributed by atoms with Gasteiger partial charge in [-0.1, -0.05) is 6.07 Å². The summed E-state index contributed by atoms with van der Waals surface area (Å²) in [4.78, 5) is 15.8. The van der Waals surface area contributed by atoms with Crippen LogP contribution in [0.25, 0.3) is 5.57 Å². The SMILES string of the molecule is CO/C=C(/C(=O)OC)c1cc(Oc2ccncc2)ccc1C. The van der Waals surface area contributed by atoms with Gasteiger partial charge in [0.1, 0.15) is 17.1 Å². The molecule has 0 saturated carbocycles. The van der Waals surface area contributed by atoms with Crippen LogP contribution in [0.4, 0.5) is 0 Å². The molecule has 1 aromatic carbocycles. The van der Waals surface area contributed by atoms with Gasteiger partial charge < -0.3 is 14.2 Å². The normalized spacial score (nSPS) is 11.0. The Morgan fingerprint density at radius 2 is 1.82 bits per heavy atom. The average Bonchev–Trinajstić information content (AvgIpc) is 2.55. The van der Waals surface area contributed by atoms with Gasteiger partial charge in [-0.2, -0.15) is 0 Å². The van der Waals surface area contributed by atoms with Crippen molar-refractivity contribution in [3.8, 4) is 11.5 Å². The standard InChI is InChI=1S/C17H17NO4/c1-12-4-5-14(22-13-6-8-18-9-7-13)10-15(12)16(11-20-2)17(19)21-3/h4-11H,1-3H3/b16-11+. The van der Waals surface area contributed by atoms with Crippen molar-refractivity contribution in [1.29, 1.82) is 0 Å². The first-order chi connectivity index (χ1) is 10.7. The molecule has 0 radical (unpaired) electrons. The Kier molecular flexibility index (Phi) is 5.14. The summed E-state index contributed by atoms with van der Waals surface area (Å²) in [5.74, 6) is 0.809. The first kappa shape index (κ1) is 15.6. The van der Waals surface area contributed by atoms with E-state index >= 15 is 0 Å². The molecule has 22 heavy (non-hydrogen) atoms. The van der Waals surface area contributed by atoms with E-state index in [1.54, 1.807) is 30.6 Å². The van der Waals surface area contributed by atoms with E-state index in [-0.39, 0.29) is 0 Å². The predicted molar refractivity (Wildman–Crippen MR) is 82.5 cm³/mol. The van der Waals surface area contributed by atoms with Crippen molar-refractivity contribution in [2.75, 3.05) is 14.2 Å². The van der Waals surface area contributed by atoms with Crippen LogP contribution in [0.2, 0.25) is 0 Å². The van der Waals surface area contributed by atoms with Crippen molar-refractivity contribution in [2.45, 2.75) is 6.92 Å². The van der Waals surface area contributed by atoms with Crippen molar-refractivity contribution in [3.63, 3.8) is 0 Å². The number of ether oxygens (including phenoxy) is 3. The number of hydrogen-bond donors (Lipinski definition) is 0. The Morgan fingerprint density at radius 1 is 1.09 bits per heavy atom. The quantitative estimate of drug-likeness (QED) is 0.481. The van der Waals surface area contributed by atoms with Crippen LogP contribution in [0.15, 0.2) is 49.0 Å². The van der Waals surface area contributed by atoms with Crippen LogP contribution in [0.5, 0.6) is 11.5 Å². The average molecular weight is 299 g/mol. The monoisotopic (exact) mass is 299 g/mol. The molecule has 2 aromatic rings. The second-order valence-corrected chi connectivity index (χ2v) is 4.52. The van der Waals surface area contributed by atoms with Gasteiger partial charge in [-0.25, -0.2) is 4.79 Å². The van der Waals surface area contributed by atoms with E-state index in [4.69, 9.17) is 14.2 Å². The molecule has 2 rings (SSSR count). The van der Waals surface area contributed by atoms with Crippen LogP contribution in [-0.2, 0) is 14.3 Å². The minimum absolute atomic E-state index is 0.336. The topological polar surface area (TPSA) is 57.7 Å². The molecule has 0 bridgehead atoms. The van der Waals surface area contributed by atoms with E-state index in [0.29, 0.717) is 22.6 Å². The highest BCUT2D eigenvalue weighted by molar-refractivity contribution is 6.16. The molecule has 0 aliphatic heterocycles. The van der Waals surface area contributed by atoms with Crippen molar-refractivity contribution < 1.29 is 19.0 Å². The van der Waals surface area contributed by atoms with E-state index in [1.165, 1.54) is 20.5 Å². The Bertz CT molecular complexity index is 680. The van der Waals surface area contributed by atoms with E-state index in [0.717, 1.165) is 5.56 Å². The zero-order chi connectivity index (χ0) is 15.9. The largest absolute Gasteiger partial charge is 0.503 e. The lowest BCUT2D eigenvalue weighted by molar-refractivity contribution is -0.133. The highest BCUT2D eigenvalue weighted by Gasteiger charge is 2.16. The van der Waals surface area contributed by atoms with Gasteiger partial charge in [0, 0.05) is 12.4 Å². The maximum absolute atomic E-state index is 11.9. The number of pyridine rings is 1. The molecule has 5 nitrogen and oxygen atoms in total. The molecule has 0 atom stereocenters. The van der Waals surface area contributed by atoms with Crippen molar-refractivity contribution in [3.05, 3.63) is 60.1 Å². The molecule has 1 heterocycles. The second-order valence-electron chi connectivity index (χ2n) is 4.52. The van der Waals surface area contributed by atoms with Gasteiger partial charge in [0.05, 0.1) is 20.5 Å². The van der Waals surface area contributed by atoms with Crippen LogP contribution in [-0.4, -0.2) is 25.2 Å². The highest BCUT2D eigenvalue weighted by Crippen LogP contribution is 2.28. The van der Waals surface area contributed by atoms with E-state index in [1.807, 2.05) is 19.1 Å². The first-order valence-electron chi connectivity index (χ1n) is 6.66. The molecule has 0 fully saturated rings. The lowest BCUT2D eigenvalue weighted by atomic mass is 10.0. The molecule has 0 amide bonds. The molecule has 0 aliphatic carbocycles. The number of benzene rings is 1.